The van der Waals surface area contributed by atoms with Gasteiger partial charge in [-0.05, 0) is 42.4 Å². The Labute approximate surface area is 150 Å². The van der Waals surface area contributed by atoms with Crippen molar-refractivity contribution < 1.29 is 14.6 Å². The van der Waals surface area contributed by atoms with Crippen molar-refractivity contribution >= 4 is 0 Å². The molecular formula is C21H30FNO2. The van der Waals surface area contributed by atoms with Gasteiger partial charge in [0.2, 0.25) is 0 Å². The second-order valence-electron chi connectivity index (χ2n) is 7.41. The molecule has 0 aromatic heterocycles. The van der Waals surface area contributed by atoms with Crippen LogP contribution >= 0.6 is 0 Å². The molecule has 1 aliphatic heterocycles. The maximum Gasteiger partial charge on any atom is 0.126 e. The van der Waals surface area contributed by atoms with Crippen molar-refractivity contribution in [3.05, 3.63) is 52.1 Å². The zero-order chi connectivity index (χ0) is 18.9. The Balaban J connectivity index is 2.79. The van der Waals surface area contributed by atoms with E-state index in [9.17, 15) is 14.6 Å². The summed E-state index contributed by atoms with van der Waals surface area (Å²) in [7, 11) is 0. The van der Waals surface area contributed by atoms with E-state index in [1.165, 1.54) is 6.07 Å². The maximum atomic E-state index is 13.5. The summed E-state index contributed by atoms with van der Waals surface area (Å²) in [6, 6.07) is 4.15. The highest BCUT2D eigenvalue weighted by atomic mass is 19.1. The van der Waals surface area contributed by atoms with Crippen molar-refractivity contribution in [2.45, 2.75) is 60.0 Å². The second kappa shape index (κ2) is 7.61. The molecule has 0 amide bonds. The number of benzene rings is 1. The molecule has 0 bridgehead atoms. The number of allylic oxidation sites excluding steroid dienone is 3. The minimum absolute atomic E-state index is 0.0674. The number of phenolic OH excluding ortho intramolecular Hbond substituents is 1. The van der Waals surface area contributed by atoms with Crippen LogP contribution in [0.5, 0.6) is 5.75 Å². The number of aliphatic hydroxyl groups excluding tert-OH is 1. The van der Waals surface area contributed by atoms with Gasteiger partial charge in [0.1, 0.15) is 11.6 Å². The van der Waals surface area contributed by atoms with Crippen LogP contribution in [0.15, 0.2) is 40.7 Å². The van der Waals surface area contributed by atoms with Crippen LogP contribution in [0.3, 0.4) is 0 Å². The van der Waals surface area contributed by atoms with Gasteiger partial charge >= 0.3 is 0 Å². The average Bonchev–Trinajstić information content (AvgIpc) is 2.52. The normalized spacial score (nSPS) is 19.7. The molecule has 4 heteroatoms. The number of halogens is 1. The molecule has 0 radical (unpaired) electrons. The number of phenols is 1. The van der Waals surface area contributed by atoms with Gasteiger partial charge in [0.25, 0.3) is 0 Å². The molecule has 2 rings (SSSR count). The Morgan fingerprint density at radius 1 is 1.08 bits per heavy atom. The van der Waals surface area contributed by atoms with E-state index in [1.54, 1.807) is 13.0 Å². The van der Waals surface area contributed by atoms with Crippen LogP contribution in [0.1, 0.15) is 59.4 Å². The van der Waals surface area contributed by atoms with Crippen molar-refractivity contribution in [3.8, 4) is 5.75 Å². The van der Waals surface area contributed by atoms with Gasteiger partial charge in [-0.1, -0.05) is 40.7 Å². The molecule has 0 aliphatic carbocycles. The van der Waals surface area contributed by atoms with Gasteiger partial charge < -0.3 is 15.5 Å². The van der Waals surface area contributed by atoms with E-state index in [0.717, 1.165) is 35.0 Å². The van der Waals surface area contributed by atoms with Crippen LogP contribution in [0, 0.1) is 17.7 Å². The summed E-state index contributed by atoms with van der Waals surface area (Å²) in [4.78, 5) is 0. The molecule has 1 aromatic rings. The van der Waals surface area contributed by atoms with E-state index in [1.807, 2.05) is 0 Å². The first-order valence-corrected chi connectivity index (χ1v) is 9.09. The van der Waals surface area contributed by atoms with Gasteiger partial charge in [-0.2, -0.15) is 0 Å². The van der Waals surface area contributed by atoms with E-state index < -0.39 is 11.9 Å². The van der Waals surface area contributed by atoms with Gasteiger partial charge in [0.15, 0.2) is 0 Å². The number of aromatic hydroxyl groups is 1. The van der Waals surface area contributed by atoms with Gasteiger partial charge in [-0.25, -0.2) is 4.39 Å². The van der Waals surface area contributed by atoms with Crippen molar-refractivity contribution in [1.29, 1.82) is 0 Å². The van der Waals surface area contributed by atoms with Crippen molar-refractivity contribution in [3.63, 3.8) is 0 Å². The van der Waals surface area contributed by atoms with E-state index in [2.05, 4.69) is 39.9 Å². The molecule has 1 aromatic carbocycles. The first-order chi connectivity index (χ1) is 11.7. The quantitative estimate of drug-likeness (QED) is 0.715. The number of hydrogen-bond acceptors (Lipinski definition) is 3. The summed E-state index contributed by atoms with van der Waals surface area (Å²) in [6.07, 6.45) is 0.110. The summed E-state index contributed by atoms with van der Waals surface area (Å²) in [5.74, 6) is -0.303. The molecule has 25 heavy (non-hydrogen) atoms. The van der Waals surface area contributed by atoms with E-state index in [-0.39, 0.29) is 23.5 Å². The largest absolute Gasteiger partial charge is 0.508 e. The Kier molecular flexibility index (Phi) is 5.94. The zero-order valence-corrected chi connectivity index (χ0v) is 16.0. The number of rotatable bonds is 5. The Morgan fingerprint density at radius 3 is 2.12 bits per heavy atom. The van der Waals surface area contributed by atoms with E-state index >= 15 is 0 Å². The molecule has 2 atom stereocenters. The van der Waals surface area contributed by atoms with Crippen molar-refractivity contribution in [2.75, 3.05) is 0 Å². The third-order valence-corrected chi connectivity index (χ3v) is 4.87. The zero-order valence-electron chi connectivity index (χ0n) is 16.0. The third kappa shape index (κ3) is 3.74. The molecule has 3 nitrogen and oxygen atoms in total. The predicted octanol–water partition coefficient (Wildman–Crippen LogP) is 4.83. The highest BCUT2D eigenvalue weighted by Crippen LogP contribution is 2.46. The lowest BCUT2D eigenvalue weighted by atomic mass is 9.74. The topological polar surface area (TPSA) is 52.5 Å². The summed E-state index contributed by atoms with van der Waals surface area (Å²) in [5.41, 5.74) is 4.76. The van der Waals surface area contributed by atoms with E-state index in [0.29, 0.717) is 5.56 Å². The SMILES string of the molecule is CCC1=C(C(C)C)NC(C(C)C)=C(C(C)O)C1c1ccc(F)cc1O. The second-order valence-corrected chi connectivity index (χ2v) is 7.41. The van der Waals surface area contributed by atoms with Crippen LogP contribution in [-0.2, 0) is 0 Å². The monoisotopic (exact) mass is 347 g/mol. The van der Waals surface area contributed by atoms with Crippen LogP contribution in [0.25, 0.3) is 0 Å². The smallest absolute Gasteiger partial charge is 0.126 e. The molecular weight excluding hydrogens is 317 g/mol. The molecule has 1 aliphatic rings. The summed E-state index contributed by atoms with van der Waals surface area (Å²) in [5, 5.41) is 24.5. The molecule has 0 saturated carbocycles. The lowest BCUT2D eigenvalue weighted by molar-refractivity contribution is 0.219. The number of dihydropyridines is 1. The minimum Gasteiger partial charge on any atom is -0.508 e. The summed E-state index contributed by atoms with van der Waals surface area (Å²) < 4.78 is 13.5. The number of hydrogen-bond donors (Lipinski definition) is 3. The lowest BCUT2D eigenvalue weighted by Gasteiger charge is -2.38. The fourth-order valence-corrected chi connectivity index (χ4v) is 3.77. The molecule has 1 heterocycles. The Hall–Kier alpha value is -1.81. The van der Waals surface area contributed by atoms with Crippen molar-refractivity contribution in [1.82, 2.24) is 5.32 Å². The van der Waals surface area contributed by atoms with Gasteiger partial charge in [0.05, 0.1) is 6.10 Å². The molecule has 138 valence electrons. The fourth-order valence-electron chi connectivity index (χ4n) is 3.77. The van der Waals surface area contributed by atoms with Crippen LogP contribution < -0.4 is 5.32 Å². The Morgan fingerprint density at radius 2 is 1.68 bits per heavy atom. The number of nitrogens with one attached hydrogen (secondary N) is 1. The summed E-state index contributed by atoms with van der Waals surface area (Å²) in [6.45, 7) is 12.3. The lowest BCUT2D eigenvalue weighted by Crippen LogP contribution is -2.34. The third-order valence-electron chi connectivity index (χ3n) is 4.87. The van der Waals surface area contributed by atoms with E-state index in [4.69, 9.17) is 0 Å². The fraction of sp³-hybridized carbons (Fsp3) is 0.524. The van der Waals surface area contributed by atoms with Crippen LogP contribution in [0.2, 0.25) is 0 Å². The molecule has 0 fully saturated rings. The molecule has 3 N–H and O–H groups in total. The first-order valence-electron chi connectivity index (χ1n) is 9.09. The highest BCUT2D eigenvalue weighted by molar-refractivity contribution is 5.52. The standard InChI is InChI=1S/C21H30FNO2/c1-7-15-19(16-9-8-14(22)10-17(16)25)18(13(6)24)21(12(4)5)23-20(15)11(2)3/h8-13,19,23-25H,7H2,1-6H3. The first kappa shape index (κ1) is 19.5. The van der Waals surface area contributed by atoms with Gasteiger partial charge in [-0.15, -0.1) is 0 Å². The highest BCUT2D eigenvalue weighted by Gasteiger charge is 2.35. The molecule has 0 saturated heterocycles. The number of aliphatic hydroxyl groups is 1. The van der Waals surface area contributed by atoms with Crippen LogP contribution in [0.4, 0.5) is 4.39 Å². The van der Waals surface area contributed by atoms with Gasteiger partial charge in [-0.3, -0.25) is 0 Å². The molecule has 0 spiro atoms. The average molecular weight is 347 g/mol. The van der Waals surface area contributed by atoms with Crippen LogP contribution in [-0.4, -0.2) is 16.3 Å². The summed E-state index contributed by atoms with van der Waals surface area (Å²) >= 11 is 0. The minimum atomic E-state index is -0.672. The molecule has 2 unspecified atom stereocenters. The maximum absolute atomic E-state index is 13.5. The Bertz CT molecular complexity index is 702. The van der Waals surface area contributed by atoms with Gasteiger partial charge in [0, 0.05) is 28.9 Å². The van der Waals surface area contributed by atoms with Crippen molar-refractivity contribution in [2.24, 2.45) is 11.8 Å². The predicted molar refractivity (Wildman–Crippen MR) is 99.6 cm³/mol.